The first-order valence-corrected chi connectivity index (χ1v) is 10.4. The maximum absolute atomic E-state index is 12.3. The molecule has 1 aromatic carbocycles. The van der Waals surface area contributed by atoms with Gasteiger partial charge in [-0.2, -0.15) is 0 Å². The van der Waals surface area contributed by atoms with Crippen LogP contribution in [0.5, 0.6) is 5.75 Å². The molecular weight excluding hydrogens is 396 g/mol. The monoisotopic (exact) mass is 428 g/mol. The van der Waals surface area contributed by atoms with Crippen molar-refractivity contribution in [1.29, 1.82) is 0 Å². The number of nitrogens with one attached hydrogen (secondary N) is 2. The summed E-state index contributed by atoms with van der Waals surface area (Å²) in [5.41, 5.74) is -0.278. The summed E-state index contributed by atoms with van der Waals surface area (Å²) in [6, 6.07) is 3.74. The van der Waals surface area contributed by atoms with Crippen molar-refractivity contribution in [1.82, 2.24) is 5.32 Å². The van der Waals surface area contributed by atoms with Gasteiger partial charge in [-0.05, 0) is 45.4 Å². The molecule has 1 rings (SSSR count). The topological polar surface area (TPSA) is 96.9 Å². The van der Waals surface area contributed by atoms with E-state index in [-0.39, 0.29) is 0 Å². The van der Waals surface area contributed by atoms with Crippen molar-refractivity contribution < 1.29 is 24.2 Å². The molecule has 3 N–H and O–H groups in total. The van der Waals surface area contributed by atoms with Gasteiger partial charge >= 0.3 is 6.09 Å². The Kier molecular flexibility index (Phi) is 10.8. The number of rotatable bonds is 11. The smallest absolute Gasteiger partial charge is 0.408 e. The molecule has 0 bridgehead atoms. The molecule has 1 atom stereocenters. The number of ether oxygens (including phenoxy) is 2. The first-order valence-electron chi connectivity index (χ1n) is 10.00. The Balaban J connectivity index is 2.55. The number of amides is 2. The molecule has 0 saturated heterocycles. The minimum atomic E-state index is -1.15. The number of anilines is 1. The summed E-state index contributed by atoms with van der Waals surface area (Å²) in [5.74, 6) is -0.0373. The van der Waals surface area contributed by atoms with Gasteiger partial charge < -0.3 is 25.2 Å². The molecule has 164 valence electrons. The number of carbonyl (C=O) groups is 2. The fourth-order valence-corrected chi connectivity index (χ4v) is 2.69. The van der Waals surface area contributed by atoms with E-state index in [1.807, 2.05) is 0 Å². The van der Waals surface area contributed by atoms with Gasteiger partial charge in [0.15, 0.2) is 0 Å². The van der Waals surface area contributed by atoms with Crippen molar-refractivity contribution in [3.05, 3.63) is 23.2 Å². The lowest BCUT2D eigenvalue weighted by molar-refractivity contribution is -0.119. The summed E-state index contributed by atoms with van der Waals surface area (Å²) in [4.78, 5) is 24.1. The number of unbranched alkanes of at least 4 members (excludes halogenated alkanes) is 4. The zero-order valence-corrected chi connectivity index (χ0v) is 18.5. The number of aliphatic hydroxyl groups excluding tert-OH is 1. The summed E-state index contributed by atoms with van der Waals surface area (Å²) in [6.07, 6.45) is 4.92. The van der Waals surface area contributed by atoms with E-state index in [9.17, 15) is 14.7 Å². The Morgan fingerprint density at radius 2 is 1.86 bits per heavy atom. The van der Waals surface area contributed by atoms with Gasteiger partial charge in [0.1, 0.15) is 17.4 Å². The van der Waals surface area contributed by atoms with Crippen LogP contribution in [0.2, 0.25) is 5.02 Å². The van der Waals surface area contributed by atoms with Crippen LogP contribution in [0, 0.1) is 0 Å². The number of halogens is 1. The molecule has 8 heteroatoms. The Labute approximate surface area is 178 Å². The number of aliphatic hydroxyl groups is 1. The molecular formula is C21H33ClN2O5. The maximum atomic E-state index is 12.3. The Morgan fingerprint density at radius 3 is 2.45 bits per heavy atom. The second-order valence-corrected chi connectivity index (χ2v) is 8.19. The highest BCUT2D eigenvalue weighted by molar-refractivity contribution is 6.32. The van der Waals surface area contributed by atoms with Crippen molar-refractivity contribution >= 4 is 29.3 Å². The van der Waals surface area contributed by atoms with Gasteiger partial charge in [0.25, 0.3) is 0 Å². The van der Waals surface area contributed by atoms with Crippen LogP contribution in [0.25, 0.3) is 0 Å². The third kappa shape index (κ3) is 10.4. The van der Waals surface area contributed by atoms with Crippen LogP contribution in [0.3, 0.4) is 0 Å². The van der Waals surface area contributed by atoms with E-state index in [2.05, 4.69) is 17.6 Å². The lowest BCUT2D eigenvalue weighted by Gasteiger charge is -2.22. The van der Waals surface area contributed by atoms with E-state index < -0.39 is 30.3 Å². The number of hydrogen-bond acceptors (Lipinski definition) is 5. The molecule has 1 aromatic rings. The van der Waals surface area contributed by atoms with E-state index in [0.717, 1.165) is 12.8 Å². The summed E-state index contributed by atoms with van der Waals surface area (Å²) in [6.45, 7) is 7.30. The minimum Gasteiger partial charge on any atom is -0.492 e. The number of carbonyl (C=O) groups excluding carboxylic acids is 2. The third-order valence-electron chi connectivity index (χ3n) is 3.89. The van der Waals surface area contributed by atoms with Gasteiger partial charge in [-0.1, -0.05) is 44.2 Å². The molecule has 0 unspecified atom stereocenters. The van der Waals surface area contributed by atoms with Crippen LogP contribution >= 0.6 is 11.6 Å². The molecule has 0 aliphatic carbocycles. The summed E-state index contributed by atoms with van der Waals surface area (Å²) < 4.78 is 10.8. The molecule has 0 radical (unpaired) electrons. The predicted molar refractivity (Wildman–Crippen MR) is 115 cm³/mol. The Bertz CT molecular complexity index is 661. The van der Waals surface area contributed by atoms with Gasteiger partial charge in [0.05, 0.1) is 18.2 Å². The Hall–Kier alpha value is -1.99. The number of benzene rings is 1. The molecule has 0 aromatic heterocycles. The van der Waals surface area contributed by atoms with Gasteiger partial charge in [0, 0.05) is 5.69 Å². The highest BCUT2D eigenvalue weighted by Crippen LogP contribution is 2.28. The zero-order chi connectivity index (χ0) is 21.9. The average Bonchev–Trinajstić information content (AvgIpc) is 2.62. The Morgan fingerprint density at radius 1 is 1.17 bits per heavy atom. The minimum absolute atomic E-state index is 0.372. The molecule has 0 heterocycles. The number of hydrogen-bond donors (Lipinski definition) is 3. The highest BCUT2D eigenvalue weighted by Gasteiger charge is 2.24. The third-order valence-corrected chi connectivity index (χ3v) is 4.19. The average molecular weight is 429 g/mol. The predicted octanol–water partition coefficient (Wildman–Crippen LogP) is 4.51. The molecule has 2 amide bonds. The van der Waals surface area contributed by atoms with Crippen LogP contribution in [-0.4, -0.2) is 42.0 Å². The van der Waals surface area contributed by atoms with Crippen molar-refractivity contribution in [2.45, 2.75) is 71.4 Å². The second-order valence-electron chi connectivity index (χ2n) is 7.78. The van der Waals surface area contributed by atoms with Crippen LogP contribution in [0.1, 0.15) is 59.8 Å². The first kappa shape index (κ1) is 25.0. The van der Waals surface area contributed by atoms with Crippen LogP contribution in [0.4, 0.5) is 10.5 Å². The largest absolute Gasteiger partial charge is 0.492 e. The second kappa shape index (κ2) is 12.5. The van der Waals surface area contributed by atoms with Crippen molar-refractivity contribution in [2.24, 2.45) is 0 Å². The van der Waals surface area contributed by atoms with E-state index in [1.165, 1.54) is 19.3 Å². The zero-order valence-electron chi connectivity index (χ0n) is 17.7. The van der Waals surface area contributed by atoms with Crippen molar-refractivity contribution in [3.63, 3.8) is 0 Å². The molecule has 0 aliphatic rings. The lowest BCUT2D eigenvalue weighted by Crippen LogP contribution is -2.47. The fraction of sp³-hybridized carbons (Fsp3) is 0.619. The number of alkyl carbamates (subject to hydrolysis) is 1. The van der Waals surface area contributed by atoms with Gasteiger partial charge in [-0.3, -0.25) is 4.79 Å². The maximum Gasteiger partial charge on any atom is 0.408 e. The van der Waals surface area contributed by atoms with Crippen molar-refractivity contribution in [3.8, 4) is 5.75 Å². The normalized spacial score (nSPS) is 12.2. The van der Waals surface area contributed by atoms with E-state index >= 15 is 0 Å². The summed E-state index contributed by atoms with van der Waals surface area (Å²) in [5, 5.41) is 14.7. The van der Waals surface area contributed by atoms with E-state index in [1.54, 1.807) is 39.0 Å². The van der Waals surface area contributed by atoms with Crippen molar-refractivity contribution in [2.75, 3.05) is 18.5 Å². The van der Waals surface area contributed by atoms with Crippen LogP contribution < -0.4 is 15.4 Å². The summed E-state index contributed by atoms with van der Waals surface area (Å²) in [7, 11) is 0. The molecule has 7 nitrogen and oxygen atoms in total. The van der Waals surface area contributed by atoms with Gasteiger partial charge in [-0.15, -0.1) is 0 Å². The lowest BCUT2D eigenvalue weighted by atomic mass is 10.2. The van der Waals surface area contributed by atoms with Crippen LogP contribution in [-0.2, 0) is 9.53 Å². The molecule has 0 fully saturated rings. The van der Waals surface area contributed by atoms with Gasteiger partial charge in [0.2, 0.25) is 5.91 Å². The van der Waals surface area contributed by atoms with E-state index in [4.69, 9.17) is 21.1 Å². The molecule has 29 heavy (non-hydrogen) atoms. The van der Waals surface area contributed by atoms with Crippen LogP contribution in [0.15, 0.2) is 18.2 Å². The quantitative estimate of drug-likeness (QED) is 0.450. The summed E-state index contributed by atoms with van der Waals surface area (Å²) >= 11 is 6.23. The molecule has 0 saturated carbocycles. The standard InChI is InChI=1S/C21H33ClN2O5/c1-5-6-7-8-9-12-28-18-11-10-15(13-16(18)22)23-19(26)17(14-25)24-20(27)29-21(2,3)4/h10-11,13,17,25H,5-9,12,14H2,1-4H3,(H,23,26)(H,24,27)/t17-/m0/s1. The fourth-order valence-electron chi connectivity index (χ4n) is 2.46. The SMILES string of the molecule is CCCCCCCOc1ccc(NC(=O)[C@H](CO)NC(=O)OC(C)(C)C)cc1Cl. The molecule has 0 spiro atoms. The molecule has 0 aliphatic heterocycles. The highest BCUT2D eigenvalue weighted by atomic mass is 35.5. The van der Waals surface area contributed by atoms with E-state index in [0.29, 0.717) is 23.1 Å². The van der Waals surface area contributed by atoms with Gasteiger partial charge in [-0.25, -0.2) is 4.79 Å². The first-order chi connectivity index (χ1) is 13.7.